The molecule has 6 heteroatoms. The van der Waals surface area contributed by atoms with E-state index in [-0.39, 0.29) is 6.04 Å². The van der Waals surface area contributed by atoms with Crippen molar-refractivity contribution in [2.45, 2.75) is 31.8 Å². The van der Waals surface area contributed by atoms with Crippen molar-refractivity contribution in [3.63, 3.8) is 0 Å². The lowest BCUT2D eigenvalue weighted by Crippen LogP contribution is -2.33. The van der Waals surface area contributed by atoms with Crippen molar-refractivity contribution in [3.05, 3.63) is 30.2 Å². The topological polar surface area (TPSA) is 81.8 Å². The van der Waals surface area contributed by atoms with Crippen molar-refractivity contribution in [1.29, 1.82) is 0 Å². The Morgan fingerprint density at radius 1 is 1.36 bits per heavy atom. The second-order valence-electron chi connectivity index (χ2n) is 6.00. The van der Waals surface area contributed by atoms with Gasteiger partial charge < -0.3 is 20.0 Å². The largest absolute Gasteiger partial charge is 0.497 e. The van der Waals surface area contributed by atoms with Crippen molar-refractivity contribution in [3.8, 4) is 17.1 Å². The fraction of sp³-hybridized carbons (Fsp3) is 0.375. The summed E-state index contributed by atoms with van der Waals surface area (Å²) in [4.78, 5) is 3.29. The molecular formula is C16H19N5O. The lowest BCUT2D eigenvalue weighted by Gasteiger charge is -2.25. The highest BCUT2D eigenvalue weighted by atomic mass is 16.5. The molecule has 1 aromatic carbocycles. The second kappa shape index (κ2) is 4.84. The SMILES string of the molecule is COc1ccc2[nH]cc(-c3nnc4n3CC(N)CC4C)c2c1. The maximum atomic E-state index is 6.18. The molecule has 0 saturated carbocycles. The molecule has 6 nitrogen and oxygen atoms in total. The molecule has 0 aliphatic carbocycles. The molecule has 0 fully saturated rings. The molecule has 0 bridgehead atoms. The highest BCUT2D eigenvalue weighted by Crippen LogP contribution is 2.34. The van der Waals surface area contributed by atoms with E-state index >= 15 is 0 Å². The summed E-state index contributed by atoms with van der Waals surface area (Å²) < 4.78 is 7.49. The number of ether oxygens (including phenoxy) is 1. The van der Waals surface area contributed by atoms with Crippen LogP contribution in [0.1, 0.15) is 25.1 Å². The average molecular weight is 297 g/mol. The quantitative estimate of drug-likeness (QED) is 0.760. The van der Waals surface area contributed by atoms with Crippen LogP contribution in [0.2, 0.25) is 0 Å². The Labute approximate surface area is 128 Å². The van der Waals surface area contributed by atoms with Crippen LogP contribution in [0.15, 0.2) is 24.4 Å². The van der Waals surface area contributed by atoms with E-state index in [0.29, 0.717) is 5.92 Å². The van der Waals surface area contributed by atoms with Crippen LogP contribution in [0.3, 0.4) is 0 Å². The van der Waals surface area contributed by atoms with E-state index < -0.39 is 0 Å². The zero-order valence-corrected chi connectivity index (χ0v) is 12.7. The molecule has 0 radical (unpaired) electrons. The Balaban J connectivity index is 1.90. The Hall–Kier alpha value is -2.34. The number of hydrogen-bond donors (Lipinski definition) is 2. The summed E-state index contributed by atoms with van der Waals surface area (Å²) >= 11 is 0. The Morgan fingerprint density at radius 2 is 2.23 bits per heavy atom. The zero-order chi connectivity index (χ0) is 15.3. The van der Waals surface area contributed by atoms with Crippen LogP contribution in [0, 0.1) is 0 Å². The van der Waals surface area contributed by atoms with E-state index in [0.717, 1.165) is 46.8 Å². The van der Waals surface area contributed by atoms with E-state index in [1.807, 2.05) is 24.4 Å². The van der Waals surface area contributed by atoms with Crippen molar-refractivity contribution in [2.75, 3.05) is 7.11 Å². The molecule has 3 aromatic rings. The van der Waals surface area contributed by atoms with E-state index in [1.165, 1.54) is 0 Å². The fourth-order valence-electron chi connectivity index (χ4n) is 3.34. The number of methoxy groups -OCH3 is 1. The van der Waals surface area contributed by atoms with Crippen LogP contribution in [-0.2, 0) is 6.54 Å². The summed E-state index contributed by atoms with van der Waals surface area (Å²) in [6, 6.07) is 6.13. The smallest absolute Gasteiger partial charge is 0.166 e. The molecule has 2 atom stereocenters. The van der Waals surface area contributed by atoms with Gasteiger partial charge in [0.05, 0.1) is 7.11 Å². The molecule has 4 rings (SSSR count). The zero-order valence-electron chi connectivity index (χ0n) is 12.7. The van der Waals surface area contributed by atoms with Gasteiger partial charge in [0, 0.05) is 41.2 Å². The number of H-pyrrole nitrogens is 1. The minimum absolute atomic E-state index is 0.150. The molecule has 1 aliphatic rings. The van der Waals surface area contributed by atoms with E-state index in [1.54, 1.807) is 7.11 Å². The predicted molar refractivity (Wildman–Crippen MR) is 84.9 cm³/mol. The number of aromatic nitrogens is 4. The predicted octanol–water partition coefficient (Wildman–Crippen LogP) is 2.27. The summed E-state index contributed by atoms with van der Waals surface area (Å²) in [7, 11) is 1.67. The van der Waals surface area contributed by atoms with Crippen LogP contribution in [-0.4, -0.2) is 32.9 Å². The molecule has 3 heterocycles. The molecule has 0 saturated heterocycles. The van der Waals surface area contributed by atoms with Gasteiger partial charge in [0.15, 0.2) is 5.82 Å². The third-order valence-corrected chi connectivity index (χ3v) is 4.42. The number of benzene rings is 1. The highest BCUT2D eigenvalue weighted by molar-refractivity contribution is 5.94. The van der Waals surface area contributed by atoms with Gasteiger partial charge in [0.2, 0.25) is 0 Å². The number of aromatic amines is 1. The van der Waals surface area contributed by atoms with Gasteiger partial charge in [-0.15, -0.1) is 10.2 Å². The summed E-state index contributed by atoms with van der Waals surface area (Å²) in [5.41, 5.74) is 8.27. The minimum atomic E-state index is 0.150. The first-order valence-electron chi connectivity index (χ1n) is 7.51. The summed E-state index contributed by atoms with van der Waals surface area (Å²) in [6.45, 7) is 2.92. The van der Waals surface area contributed by atoms with Gasteiger partial charge in [-0.25, -0.2) is 0 Å². The van der Waals surface area contributed by atoms with E-state index in [9.17, 15) is 0 Å². The normalized spacial score (nSPS) is 21.0. The van der Waals surface area contributed by atoms with Crippen LogP contribution >= 0.6 is 0 Å². The lowest BCUT2D eigenvalue weighted by atomic mass is 9.97. The summed E-state index contributed by atoms with van der Waals surface area (Å²) in [5, 5.41) is 9.90. The molecule has 0 amide bonds. The summed E-state index contributed by atoms with van der Waals surface area (Å²) in [5.74, 6) is 3.06. The monoisotopic (exact) mass is 297 g/mol. The molecule has 114 valence electrons. The number of nitrogens with two attached hydrogens (primary N) is 1. The Morgan fingerprint density at radius 3 is 3.05 bits per heavy atom. The number of fused-ring (bicyclic) bond motifs is 2. The van der Waals surface area contributed by atoms with Gasteiger partial charge in [-0.2, -0.15) is 0 Å². The van der Waals surface area contributed by atoms with Crippen molar-refractivity contribution in [2.24, 2.45) is 5.73 Å². The Bertz CT molecular complexity index is 834. The van der Waals surface area contributed by atoms with Crippen LogP contribution in [0.25, 0.3) is 22.3 Å². The lowest BCUT2D eigenvalue weighted by molar-refractivity contribution is 0.409. The van der Waals surface area contributed by atoms with Crippen molar-refractivity contribution < 1.29 is 4.74 Å². The molecule has 2 aromatic heterocycles. The minimum Gasteiger partial charge on any atom is -0.497 e. The van der Waals surface area contributed by atoms with Gasteiger partial charge in [-0.05, 0) is 24.6 Å². The van der Waals surface area contributed by atoms with E-state index in [4.69, 9.17) is 10.5 Å². The maximum Gasteiger partial charge on any atom is 0.166 e. The van der Waals surface area contributed by atoms with E-state index in [2.05, 4.69) is 26.7 Å². The second-order valence-corrected chi connectivity index (χ2v) is 6.00. The molecular weight excluding hydrogens is 278 g/mol. The average Bonchev–Trinajstić information content (AvgIpc) is 3.09. The first kappa shape index (κ1) is 13.3. The highest BCUT2D eigenvalue weighted by Gasteiger charge is 2.27. The van der Waals surface area contributed by atoms with Gasteiger partial charge in [-0.1, -0.05) is 6.92 Å². The summed E-state index contributed by atoms with van der Waals surface area (Å²) in [6.07, 6.45) is 2.94. The van der Waals surface area contributed by atoms with Crippen LogP contribution in [0.4, 0.5) is 0 Å². The third-order valence-electron chi connectivity index (χ3n) is 4.42. The number of nitrogens with zero attached hydrogens (tertiary/aromatic N) is 3. The molecule has 3 N–H and O–H groups in total. The molecule has 22 heavy (non-hydrogen) atoms. The standard InChI is InChI=1S/C16H19N5O/c1-9-5-10(17)8-21-15(9)19-20-16(21)13-7-18-14-4-3-11(22-2)6-12(13)14/h3-4,6-7,9-10,18H,5,8,17H2,1-2H3. The van der Waals surface area contributed by atoms with Gasteiger partial charge in [-0.3, -0.25) is 0 Å². The fourth-order valence-corrected chi connectivity index (χ4v) is 3.34. The van der Waals surface area contributed by atoms with Gasteiger partial charge >= 0.3 is 0 Å². The van der Waals surface area contributed by atoms with Crippen LogP contribution < -0.4 is 10.5 Å². The number of hydrogen-bond acceptors (Lipinski definition) is 4. The first-order valence-corrected chi connectivity index (χ1v) is 7.51. The van der Waals surface area contributed by atoms with Crippen molar-refractivity contribution in [1.82, 2.24) is 19.7 Å². The number of nitrogens with one attached hydrogen (secondary N) is 1. The molecule has 1 aliphatic heterocycles. The van der Waals surface area contributed by atoms with Crippen LogP contribution in [0.5, 0.6) is 5.75 Å². The van der Waals surface area contributed by atoms with Gasteiger partial charge in [0.1, 0.15) is 11.6 Å². The first-order chi connectivity index (χ1) is 10.7. The molecule has 0 spiro atoms. The molecule has 2 unspecified atom stereocenters. The van der Waals surface area contributed by atoms with Gasteiger partial charge in [0.25, 0.3) is 0 Å². The Kier molecular flexibility index (Phi) is 2.94. The number of rotatable bonds is 2. The maximum absolute atomic E-state index is 6.18. The van der Waals surface area contributed by atoms with Crippen molar-refractivity contribution >= 4 is 10.9 Å². The third kappa shape index (κ3) is 1.91.